The van der Waals surface area contributed by atoms with Crippen LogP contribution in [0.1, 0.15) is 32.0 Å². The van der Waals surface area contributed by atoms with Crippen molar-refractivity contribution in [3.05, 3.63) is 58.7 Å². The number of rotatable bonds is 3. The van der Waals surface area contributed by atoms with Crippen molar-refractivity contribution >= 4 is 22.7 Å². The van der Waals surface area contributed by atoms with Crippen molar-refractivity contribution in [2.75, 3.05) is 0 Å². The molecule has 23 heavy (non-hydrogen) atoms. The molecule has 3 rings (SSSR count). The number of ketones is 1. The number of aromatic amines is 1. The number of benzene rings is 1. The van der Waals surface area contributed by atoms with Gasteiger partial charge in [0.1, 0.15) is 23.6 Å². The summed E-state index contributed by atoms with van der Waals surface area (Å²) in [5.74, 6) is -4.38. The number of aromatic nitrogens is 3. The fourth-order valence-electron chi connectivity index (χ4n) is 2.38. The molecule has 0 aliphatic rings. The number of carbonyl (C=O) groups is 2. The van der Waals surface area contributed by atoms with Gasteiger partial charge in [0.25, 0.3) is 5.91 Å². The van der Waals surface area contributed by atoms with Crippen LogP contribution >= 0.6 is 0 Å². The predicted molar refractivity (Wildman–Crippen MR) is 76.9 cm³/mol. The summed E-state index contributed by atoms with van der Waals surface area (Å²) in [6, 6.07) is 1.72. The minimum Gasteiger partial charge on any atom is -0.366 e. The highest BCUT2D eigenvalue weighted by atomic mass is 19.1. The maximum Gasteiger partial charge on any atom is 0.251 e. The fourth-order valence-corrected chi connectivity index (χ4v) is 2.38. The second-order valence-corrected chi connectivity index (χ2v) is 4.86. The van der Waals surface area contributed by atoms with Crippen LogP contribution in [-0.2, 0) is 0 Å². The van der Waals surface area contributed by atoms with E-state index < -0.39 is 34.5 Å². The number of fused-ring (bicyclic) bond motifs is 1. The smallest absolute Gasteiger partial charge is 0.251 e. The van der Waals surface area contributed by atoms with Gasteiger partial charge in [0, 0.05) is 6.20 Å². The van der Waals surface area contributed by atoms with Gasteiger partial charge in [-0.05, 0) is 19.1 Å². The van der Waals surface area contributed by atoms with Crippen LogP contribution in [0.3, 0.4) is 0 Å². The Hall–Kier alpha value is -3.16. The molecule has 1 amide bonds. The van der Waals surface area contributed by atoms with Crippen molar-refractivity contribution in [1.82, 2.24) is 15.0 Å². The Morgan fingerprint density at radius 2 is 1.91 bits per heavy atom. The predicted octanol–water partition coefficient (Wildman–Crippen LogP) is 1.87. The Morgan fingerprint density at radius 1 is 1.17 bits per heavy atom. The molecular formula is C15H10F2N4O2. The van der Waals surface area contributed by atoms with Crippen LogP contribution in [0.2, 0.25) is 0 Å². The van der Waals surface area contributed by atoms with Crippen molar-refractivity contribution in [2.24, 2.45) is 5.73 Å². The first-order valence-corrected chi connectivity index (χ1v) is 6.53. The highest BCUT2D eigenvalue weighted by Crippen LogP contribution is 2.25. The summed E-state index contributed by atoms with van der Waals surface area (Å²) in [6.07, 6.45) is 2.60. The lowest BCUT2D eigenvalue weighted by Crippen LogP contribution is -2.17. The molecule has 0 bridgehead atoms. The number of H-pyrrole nitrogens is 1. The van der Waals surface area contributed by atoms with Gasteiger partial charge in [-0.1, -0.05) is 0 Å². The van der Waals surface area contributed by atoms with E-state index in [0.717, 1.165) is 12.1 Å². The van der Waals surface area contributed by atoms with Crippen LogP contribution in [-0.4, -0.2) is 26.6 Å². The van der Waals surface area contributed by atoms with E-state index in [2.05, 4.69) is 15.0 Å². The average Bonchev–Trinajstić information content (AvgIpc) is 2.92. The fraction of sp³-hybridized carbons (Fsp3) is 0.0667. The molecule has 3 aromatic rings. The lowest BCUT2D eigenvalue weighted by Gasteiger charge is -2.07. The minimum absolute atomic E-state index is 0.0116. The third-order valence-corrected chi connectivity index (χ3v) is 3.49. The number of halogens is 2. The molecule has 116 valence electrons. The molecule has 3 N–H and O–H groups in total. The summed E-state index contributed by atoms with van der Waals surface area (Å²) in [6.45, 7) is 1.64. The van der Waals surface area contributed by atoms with Gasteiger partial charge in [0.2, 0.25) is 5.78 Å². The third kappa shape index (κ3) is 2.24. The molecule has 0 radical (unpaired) electrons. The second kappa shape index (κ2) is 5.24. The van der Waals surface area contributed by atoms with Crippen LogP contribution in [0.15, 0.2) is 24.7 Å². The quantitative estimate of drug-likeness (QED) is 0.720. The van der Waals surface area contributed by atoms with E-state index in [9.17, 15) is 18.4 Å². The summed E-state index contributed by atoms with van der Waals surface area (Å²) in [5.41, 5.74) is 4.49. The van der Waals surface area contributed by atoms with Gasteiger partial charge in [-0.25, -0.2) is 18.7 Å². The number of nitrogens with two attached hydrogens (primary N) is 1. The molecule has 0 saturated carbocycles. The normalized spacial score (nSPS) is 10.9. The van der Waals surface area contributed by atoms with Gasteiger partial charge in [-0.3, -0.25) is 9.59 Å². The summed E-state index contributed by atoms with van der Waals surface area (Å²) in [5, 5.41) is 0.362. The van der Waals surface area contributed by atoms with E-state index in [1.165, 1.54) is 12.5 Å². The zero-order valence-electron chi connectivity index (χ0n) is 11.9. The highest BCUT2D eigenvalue weighted by Gasteiger charge is 2.26. The Kier molecular flexibility index (Phi) is 3.36. The lowest BCUT2D eigenvalue weighted by atomic mass is 9.99. The van der Waals surface area contributed by atoms with Crippen LogP contribution in [0.4, 0.5) is 8.78 Å². The van der Waals surface area contributed by atoms with E-state index in [1.54, 1.807) is 6.92 Å². The standard InChI is InChI=1S/C15H10F2N4O2/c1-6-10-8(4-19-15(10)21-5-20-6)13(22)11-9(16)3-2-7(12(11)17)14(18)23/h2-5H,1H3,(H2,18,23)(H,19,20,21). The number of primary amides is 1. The Bertz CT molecular complexity index is 966. The molecule has 2 aromatic heterocycles. The maximum absolute atomic E-state index is 14.3. The Balaban J connectivity index is 2.25. The highest BCUT2D eigenvalue weighted by molar-refractivity contribution is 6.17. The monoisotopic (exact) mass is 316 g/mol. The van der Waals surface area contributed by atoms with E-state index in [1.807, 2.05) is 0 Å². The van der Waals surface area contributed by atoms with Crippen LogP contribution in [0.25, 0.3) is 11.0 Å². The lowest BCUT2D eigenvalue weighted by molar-refractivity contribution is 0.0996. The molecule has 0 fully saturated rings. The van der Waals surface area contributed by atoms with Crippen molar-refractivity contribution in [3.8, 4) is 0 Å². The number of carbonyl (C=O) groups excluding carboxylic acids is 2. The van der Waals surface area contributed by atoms with Crippen molar-refractivity contribution in [2.45, 2.75) is 6.92 Å². The van der Waals surface area contributed by atoms with E-state index in [4.69, 9.17) is 5.73 Å². The number of nitrogens with one attached hydrogen (secondary N) is 1. The molecule has 0 saturated heterocycles. The number of amides is 1. The first-order valence-electron chi connectivity index (χ1n) is 6.53. The van der Waals surface area contributed by atoms with E-state index in [-0.39, 0.29) is 5.56 Å². The molecule has 6 nitrogen and oxygen atoms in total. The zero-order valence-corrected chi connectivity index (χ0v) is 11.9. The Labute approximate surface area is 128 Å². The van der Waals surface area contributed by atoms with Crippen LogP contribution in [0.5, 0.6) is 0 Å². The summed E-state index contributed by atoms with van der Waals surface area (Å²) in [7, 11) is 0. The van der Waals surface area contributed by atoms with Crippen molar-refractivity contribution in [3.63, 3.8) is 0 Å². The van der Waals surface area contributed by atoms with Gasteiger partial charge in [-0.15, -0.1) is 0 Å². The largest absolute Gasteiger partial charge is 0.366 e. The molecule has 1 aromatic carbocycles. The topological polar surface area (TPSA) is 102 Å². The molecular weight excluding hydrogens is 306 g/mol. The third-order valence-electron chi connectivity index (χ3n) is 3.49. The molecule has 8 heteroatoms. The zero-order chi connectivity index (χ0) is 16.7. The maximum atomic E-state index is 14.3. The summed E-state index contributed by atoms with van der Waals surface area (Å²) in [4.78, 5) is 34.4. The van der Waals surface area contributed by atoms with E-state index >= 15 is 0 Å². The molecule has 0 atom stereocenters. The molecule has 0 spiro atoms. The van der Waals surface area contributed by atoms with Gasteiger partial charge >= 0.3 is 0 Å². The number of hydrogen-bond donors (Lipinski definition) is 2. The van der Waals surface area contributed by atoms with E-state index in [0.29, 0.717) is 16.7 Å². The van der Waals surface area contributed by atoms with Crippen LogP contribution < -0.4 is 5.73 Å². The van der Waals surface area contributed by atoms with Gasteiger partial charge in [0.05, 0.1) is 27.8 Å². The molecule has 0 aliphatic carbocycles. The number of hydrogen-bond acceptors (Lipinski definition) is 4. The molecule has 2 heterocycles. The first-order chi connectivity index (χ1) is 10.9. The number of nitrogens with zero attached hydrogens (tertiary/aromatic N) is 2. The minimum atomic E-state index is -1.29. The SMILES string of the molecule is Cc1ncnc2[nH]cc(C(=O)c3c(F)ccc(C(N)=O)c3F)c12. The summed E-state index contributed by atoms with van der Waals surface area (Å²) >= 11 is 0. The van der Waals surface area contributed by atoms with Crippen molar-refractivity contribution in [1.29, 1.82) is 0 Å². The second-order valence-electron chi connectivity index (χ2n) is 4.86. The molecule has 0 unspecified atom stereocenters. The average molecular weight is 316 g/mol. The van der Waals surface area contributed by atoms with Gasteiger partial charge < -0.3 is 10.7 Å². The Morgan fingerprint density at radius 3 is 2.61 bits per heavy atom. The number of aryl methyl sites for hydroxylation is 1. The van der Waals surface area contributed by atoms with Crippen LogP contribution in [0, 0.1) is 18.6 Å². The van der Waals surface area contributed by atoms with Crippen molar-refractivity contribution < 1.29 is 18.4 Å². The first kappa shape index (κ1) is 14.8. The summed E-state index contributed by atoms with van der Waals surface area (Å²) < 4.78 is 28.3. The van der Waals surface area contributed by atoms with Gasteiger partial charge in [0.15, 0.2) is 0 Å². The van der Waals surface area contributed by atoms with Gasteiger partial charge in [-0.2, -0.15) is 0 Å². The molecule has 0 aliphatic heterocycles.